The molecule has 0 unspecified atom stereocenters. The van der Waals surface area contributed by atoms with E-state index >= 15 is 0 Å². The first-order valence-corrected chi connectivity index (χ1v) is 8.09. The lowest BCUT2D eigenvalue weighted by Gasteiger charge is -2.36. The number of hydrogen-bond donors (Lipinski definition) is 2. The number of para-hydroxylation sites is 1. The number of anilines is 1. The number of nitriles is 1. The van der Waals surface area contributed by atoms with Gasteiger partial charge in [0, 0.05) is 6.04 Å². The Balaban J connectivity index is 1.96. The van der Waals surface area contributed by atoms with Gasteiger partial charge >= 0.3 is 0 Å². The topological polar surface area (TPSA) is 64.9 Å². The summed E-state index contributed by atoms with van der Waals surface area (Å²) in [6, 6.07) is 9.29. The minimum atomic E-state index is -0.274. The Labute approximate surface area is 132 Å². The van der Waals surface area contributed by atoms with Crippen LogP contribution in [-0.2, 0) is 4.79 Å². The van der Waals surface area contributed by atoms with Crippen molar-refractivity contribution in [3.8, 4) is 6.07 Å². The molecule has 1 amide bonds. The van der Waals surface area contributed by atoms with Gasteiger partial charge in [-0.3, -0.25) is 4.79 Å². The van der Waals surface area contributed by atoms with Crippen molar-refractivity contribution in [1.82, 2.24) is 5.32 Å². The summed E-state index contributed by atoms with van der Waals surface area (Å²) in [6.07, 6.45) is 3.61. The number of amides is 1. The van der Waals surface area contributed by atoms with Crippen LogP contribution in [0.4, 0.5) is 5.69 Å². The second kappa shape index (κ2) is 7.42. The first-order valence-electron chi connectivity index (χ1n) is 8.09. The maximum absolute atomic E-state index is 12.4. The monoisotopic (exact) mass is 299 g/mol. The molecule has 22 heavy (non-hydrogen) atoms. The second-order valence-electron chi connectivity index (χ2n) is 6.41. The van der Waals surface area contributed by atoms with Crippen LogP contribution >= 0.6 is 0 Å². The third-order valence-electron chi connectivity index (χ3n) is 4.87. The Morgan fingerprint density at radius 2 is 2.05 bits per heavy atom. The predicted molar refractivity (Wildman–Crippen MR) is 88.4 cm³/mol. The molecule has 2 N–H and O–H groups in total. The number of nitrogens with one attached hydrogen (secondary N) is 2. The lowest BCUT2D eigenvalue weighted by Crippen LogP contribution is -2.49. The molecule has 0 radical (unpaired) electrons. The van der Waals surface area contributed by atoms with Gasteiger partial charge in [0.05, 0.1) is 17.3 Å². The first-order chi connectivity index (χ1) is 10.5. The molecule has 0 aliphatic heterocycles. The number of carbonyl (C=O) groups is 1. The lowest BCUT2D eigenvalue weighted by molar-refractivity contribution is -0.118. The van der Waals surface area contributed by atoms with Crippen molar-refractivity contribution >= 4 is 11.6 Å². The molecule has 1 aliphatic carbocycles. The van der Waals surface area contributed by atoms with E-state index in [1.165, 1.54) is 12.8 Å². The molecule has 1 saturated carbocycles. The number of nitrogens with zero attached hydrogens (tertiary/aromatic N) is 1. The summed E-state index contributed by atoms with van der Waals surface area (Å²) in [4.78, 5) is 12.4. The molecule has 1 aromatic carbocycles. The summed E-state index contributed by atoms with van der Waals surface area (Å²) >= 11 is 0. The van der Waals surface area contributed by atoms with Gasteiger partial charge in [-0.05, 0) is 37.3 Å². The van der Waals surface area contributed by atoms with E-state index < -0.39 is 0 Å². The van der Waals surface area contributed by atoms with Gasteiger partial charge in [0.15, 0.2) is 0 Å². The number of hydrogen-bond acceptors (Lipinski definition) is 3. The van der Waals surface area contributed by atoms with Crippen molar-refractivity contribution in [3.63, 3.8) is 0 Å². The maximum atomic E-state index is 12.4. The van der Waals surface area contributed by atoms with E-state index in [9.17, 15) is 4.79 Å². The molecule has 0 saturated heterocycles. The van der Waals surface area contributed by atoms with Crippen LogP contribution < -0.4 is 10.6 Å². The molecule has 0 spiro atoms. The van der Waals surface area contributed by atoms with Gasteiger partial charge < -0.3 is 10.6 Å². The molecule has 1 aliphatic rings. The van der Waals surface area contributed by atoms with Crippen LogP contribution in [0.5, 0.6) is 0 Å². The van der Waals surface area contributed by atoms with Gasteiger partial charge in [-0.25, -0.2) is 0 Å². The summed E-state index contributed by atoms with van der Waals surface area (Å²) in [5, 5.41) is 15.4. The van der Waals surface area contributed by atoms with Crippen molar-refractivity contribution < 1.29 is 4.79 Å². The number of benzene rings is 1. The highest BCUT2D eigenvalue weighted by atomic mass is 16.2. The maximum Gasteiger partial charge on any atom is 0.241 e. The van der Waals surface area contributed by atoms with Gasteiger partial charge in [0.25, 0.3) is 0 Å². The third kappa shape index (κ3) is 3.86. The fourth-order valence-electron chi connectivity index (χ4n) is 3.14. The summed E-state index contributed by atoms with van der Waals surface area (Å²) in [5.74, 6) is 1.18. The molecular weight excluding hydrogens is 274 g/mol. The van der Waals surface area contributed by atoms with E-state index in [0.29, 0.717) is 29.1 Å². The molecule has 0 bridgehead atoms. The standard InChI is InChI=1S/C18H25N3O/c1-12-7-6-10-16(13(12)2)20-14(3)18(22)21-17-9-5-4-8-15(17)11-19/h4-5,8-9,12-14,16,20H,6-7,10H2,1-3H3,(H,21,22)/t12-,13-,14+,16+/m1/s1. The van der Waals surface area contributed by atoms with E-state index in [-0.39, 0.29) is 11.9 Å². The molecule has 0 heterocycles. The first kappa shape index (κ1) is 16.5. The number of carbonyl (C=O) groups excluding carboxylic acids is 1. The average molecular weight is 299 g/mol. The molecule has 1 fully saturated rings. The van der Waals surface area contributed by atoms with Crippen LogP contribution in [-0.4, -0.2) is 18.0 Å². The highest BCUT2D eigenvalue weighted by molar-refractivity contribution is 5.95. The van der Waals surface area contributed by atoms with Crippen molar-refractivity contribution in [2.75, 3.05) is 5.32 Å². The summed E-state index contributed by atoms with van der Waals surface area (Å²) in [6.45, 7) is 6.43. The minimum Gasteiger partial charge on any atom is -0.324 e. The normalized spacial score (nSPS) is 26.0. The highest BCUT2D eigenvalue weighted by Crippen LogP contribution is 2.29. The predicted octanol–water partition coefficient (Wildman–Crippen LogP) is 3.30. The van der Waals surface area contributed by atoms with Gasteiger partial charge in [-0.1, -0.05) is 38.8 Å². The molecule has 4 heteroatoms. The zero-order valence-electron chi connectivity index (χ0n) is 13.6. The van der Waals surface area contributed by atoms with Crippen LogP contribution in [0.3, 0.4) is 0 Å². The van der Waals surface area contributed by atoms with Crippen LogP contribution in [0.2, 0.25) is 0 Å². The molecule has 0 aromatic heterocycles. The van der Waals surface area contributed by atoms with Crippen LogP contribution in [0.25, 0.3) is 0 Å². The van der Waals surface area contributed by atoms with Crippen molar-refractivity contribution in [2.24, 2.45) is 11.8 Å². The lowest BCUT2D eigenvalue weighted by atomic mass is 9.78. The largest absolute Gasteiger partial charge is 0.324 e. The summed E-state index contributed by atoms with van der Waals surface area (Å²) in [7, 11) is 0. The Hall–Kier alpha value is -1.86. The minimum absolute atomic E-state index is 0.0897. The van der Waals surface area contributed by atoms with Crippen molar-refractivity contribution in [3.05, 3.63) is 29.8 Å². The molecule has 1 aromatic rings. The summed E-state index contributed by atoms with van der Waals surface area (Å²) < 4.78 is 0. The SMILES string of the molecule is C[C@@H]1[C@H](C)CCC[C@@H]1N[C@@H](C)C(=O)Nc1ccccc1C#N. The van der Waals surface area contributed by atoms with E-state index in [0.717, 1.165) is 6.42 Å². The van der Waals surface area contributed by atoms with Crippen molar-refractivity contribution in [2.45, 2.75) is 52.1 Å². The van der Waals surface area contributed by atoms with Crippen LogP contribution in [0, 0.1) is 23.2 Å². The van der Waals surface area contributed by atoms with Gasteiger partial charge in [0.2, 0.25) is 5.91 Å². The van der Waals surface area contributed by atoms with Gasteiger partial charge in [-0.2, -0.15) is 5.26 Å². The zero-order chi connectivity index (χ0) is 16.1. The van der Waals surface area contributed by atoms with Crippen LogP contribution in [0.15, 0.2) is 24.3 Å². The smallest absolute Gasteiger partial charge is 0.241 e. The Bertz CT molecular complexity index is 564. The molecular formula is C18H25N3O. The average Bonchev–Trinajstić information content (AvgIpc) is 2.52. The van der Waals surface area contributed by atoms with E-state index in [1.807, 2.05) is 13.0 Å². The Morgan fingerprint density at radius 3 is 2.77 bits per heavy atom. The molecule has 4 nitrogen and oxygen atoms in total. The Morgan fingerprint density at radius 1 is 1.32 bits per heavy atom. The Kier molecular flexibility index (Phi) is 5.57. The van der Waals surface area contributed by atoms with Crippen LogP contribution in [0.1, 0.15) is 45.6 Å². The zero-order valence-corrected chi connectivity index (χ0v) is 13.6. The molecule has 2 rings (SSSR count). The van der Waals surface area contributed by atoms with Gasteiger partial charge in [-0.15, -0.1) is 0 Å². The van der Waals surface area contributed by atoms with E-state index in [4.69, 9.17) is 5.26 Å². The summed E-state index contributed by atoms with van der Waals surface area (Å²) in [5.41, 5.74) is 1.07. The fourth-order valence-corrected chi connectivity index (χ4v) is 3.14. The second-order valence-corrected chi connectivity index (χ2v) is 6.41. The fraction of sp³-hybridized carbons (Fsp3) is 0.556. The molecule has 4 atom stereocenters. The van der Waals surface area contributed by atoms with E-state index in [2.05, 4.69) is 30.6 Å². The third-order valence-corrected chi connectivity index (χ3v) is 4.87. The molecule has 118 valence electrons. The van der Waals surface area contributed by atoms with E-state index in [1.54, 1.807) is 18.2 Å². The van der Waals surface area contributed by atoms with Gasteiger partial charge in [0.1, 0.15) is 6.07 Å². The van der Waals surface area contributed by atoms with Crippen molar-refractivity contribution in [1.29, 1.82) is 5.26 Å². The quantitative estimate of drug-likeness (QED) is 0.896. The highest BCUT2D eigenvalue weighted by Gasteiger charge is 2.29. The number of rotatable bonds is 4.